The first-order chi connectivity index (χ1) is 2.91. The number of hydrogen-bond acceptors (Lipinski definition) is 0. The molecule has 0 aromatic heterocycles. The van der Waals surface area contributed by atoms with Gasteiger partial charge in [-0.25, -0.2) is 0 Å². The zero-order valence-electron chi connectivity index (χ0n) is 4.98. The van der Waals surface area contributed by atoms with Gasteiger partial charge in [-0.2, -0.15) is 5.05 Å². The molecule has 0 saturated carbocycles. The van der Waals surface area contributed by atoms with Crippen LogP contribution in [-0.4, -0.2) is 20.4 Å². The summed E-state index contributed by atoms with van der Waals surface area (Å²) in [6.45, 7) is 2.07. The monoisotopic (exact) mass is 130 g/mol. The zero-order valence-corrected chi connectivity index (χ0v) is 7.21. The summed E-state index contributed by atoms with van der Waals surface area (Å²) in [7, 11) is 0. The first kappa shape index (κ1) is 10.7. The molecule has 2 heteroatoms. The van der Waals surface area contributed by atoms with E-state index in [4.69, 9.17) is 0 Å². The van der Waals surface area contributed by atoms with Crippen molar-refractivity contribution in [2.24, 2.45) is 0 Å². The van der Waals surface area contributed by atoms with Crippen LogP contribution in [-0.2, 0) is 0 Å². The molecule has 0 aromatic rings. The fourth-order valence-corrected chi connectivity index (χ4v) is 1.00. The second-order valence-electron chi connectivity index (χ2n) is 1.36. The van der Waals surface area contributed by atoms with Crippen molar-refractivity contribution in [2.75, 3.05) is 0 Å². The van der Waals surface area contributed by atoms with Crippen molar-refractivity contribution in [2.45, 2.75) is 16.5 Å². The molecular weight excluding hydrogens is 120 g/mol. The van der Waals surface area contributed by atoms with Crippen molar-refractivity contribution in [1.82, 2.24) is 0 Å². The molecule has 0 aliphatic carbocycles. The molecule has 0 spiro atoms. The van der Waals surface area contributed by atoms with Crippen molar-refractivity contribution in [3.63, 3.8) is 0 Å². The maximum atomic E-state index is 2.32. The molecule has 0 rings (SSSR count). The lowest BCUT2D eigenvalue weighted by atomic mass is 10.6. The predicted molar refractivity (Wildman–Crippen MR) is 38.5 cm³/mol. The van der Waals surface area contributed by atoms with Crippen LogP contribution in [0.3, 0.4) is 0 Å². The minimum atomic E-state index is 0. The van der Waals surface area contributed by atoms with Crippen LogP contribution < -0.4 is 0 Å². The minimum Gasteiger partial charge on any atom is -0.157 e. The van der Waals surface area contributed by atoms with Crippen molar-refractivity contribution >= 4 is 32.8 Å². The molecular formula is C5H11ClMg. The second kappa shape index (κ2) is 9.93. The first-order valence-electron chi connectivity index (χ1n) is 2.53. The Morgan fingerprint density at radius 2 is 2.14 bits per heavy atom. The van der Waals surface area contributed by atoms with E-state index in [0.29, 0.717) is 20.4 Å². The van der Waals surface area contributed by atoms with E-state index in [-0.39, 0.29) is 12.4 Å². The van der Waals surface area contributed by atoms with Crippen LogP contribution in [0, 0.1) is 0 Å². The van der Waals surface area contributed by atoms with Crippen molar-refractivity contribution in [3.8, 4) is 0 Å². The van der Waals surface area contributed by atoms with Gasteiger partial charge in [0.05, 0.1) is 0 Å². The van der Waals surface area contributed by atoms with E-state index in [1.165, 1.54) is 4.55 Å². The molecule has 0 aliphatic rings. The van der Waals surface area contributed by atoms with Crippen LogP contribution in [0.4, 0.5) is 0 Å². The fraction of sp³-hybridized carbons (Fsp3) is 0.600. The number of rotatable bonds is 2. The molecule has 0 nitrogen and oxygen atoms in total. The van der Waals surface area contributed by atoms with Gasteiger partial charge in [-0.15, -0.1) is 23.0 Å². The van der Waals surface area contributed by atoms with Crippen LogP contribution >= 0.6 is 12.4 Å². The van der Waals surface area contributed by atoms with E-state index >= 15 is 0 Å². The summed E-state index contributed by atoms with van der Waals surface area (Å²) in [6.07, 6.45) is 4.36. The van der Waals surface area contributed by atoms with Crippen LogP contribution in [0.2, 0.25) is 9.60 Å². The summed E-state index contributed by atoms with van der Waals surface area (Å²) < 4.78 is 1.37. The van der Waals surface area contributed by atoms with E-state index in [2.05, 4.69) is 24.1 Å². The van der Waals surface area contributed by atoms with Crippen LogP contribution in [0.5, 0.6) is 0 Å². The molecule has 0 atom stereocenters. The zero-order chi connectivity index (χ0) is 4.83. The molecule has 0 amide bonds. The maximum Gasteiger partial charge on any atom is 0.365 e. The van der Waals surface area contributed by atoms with Gasteiger partial charge in [0.25, 0.3) is 0 Å². The van der Waals surface area contributed by atoms with Crippen molar-refractivity contribution < 1.29 is 0 Å². The van der Waals surface area contributed by atoms with Gasteiger partial charge in [0, 0.05) is 0 Å². The third-order valence-electron chi connectivity index (χ3n) is 0.691. The molecule has 0 radical (unpaired) electrons. The highest BCUT2D eigenvalue weighted by molar-refractivity contribution is 6.34. The van der Waals surface area contributed by atoms with E-state index in [9.17, 15) is 0 Å². The minimum absolute atomic E-state index is 0. The number of halogens is 1. The molecule has 0 aliphatic heterocycles. The normalized spacial score (nSPS) is 7.71. The van der Waals surface area contributed by atoms with E-state index in [1.54, 1.807) is 0 Å². The standard InChI is InChI=1S/C4H7.CH3.ClH.Mg/c1-3-4-2;;;/h3-4H,1H2,2H3;1H3;1H;. The quantitative estimate of drug-likeness (QED) is 0.397. The highest BCUT2D eigenvalue weighted by Gasteiger charge is 1.74. The molecule has 0 bridgehead atoms. The fourth-order valence-electron chi connectivity index (χ4n) is 0.333. The molecule has 0 N–H and O–H groups in total. The van der Waals surface area contributed by atoms with Crippen LogP contribution in [0.1, 0.15) is 6.92 Å². The van der Waals surface area contributed by atoms with E-state index in [1.807, 2.05) is 0 Å². The van der Waals surface area contributed by atoms with Gasteiger partial charge in [0.15, 0.2) is 0 Å². The smallest absolute Gasteiger partial charge is 0.157 e. The highest BCUT2D eigenvalue weighted by atomic mass is 35.5. The summed E-state index contributed by atoms with van der Waals surface area (Å²) in [4.78, 5) is 0. The first-order valence-corrected chi connectivity index (χ1v) is 4.94. The highest BCUT2D eigenvalue weighted by Crippen LogP contribution is 1.77. The molecule has 7 heavy (non-hydrogen) atoms. The molecule has 0 heterocycles. The van der Waals surface area contributed by atoms with E-state index < -0.39 is 0 Å². The average molecular weight is 131 g/mol. The van der Waals surface area contributed by atoms with Gasteiger partial charge in [-0.05, 0) is 6.92 Å². The third kappa shape index (κ3) is 10.8. The van der Waals surface area contributed by atoms with Gasteiger partial charge in [0.1, 0.15) is 0 Å². The molecule has 0 saturated heterocycles. The lowest BCUT2D eigenvalue weighted by Crippen LogP contribution is -1.70. The van der Waals surface area contributed by atoms with Crippen LogP contribution in [0.25, 0.3) is 0 Å². The van der Waals surface area contributed by atoms with Gasteiger partial charge in [-0.1, -0.05) is 6.08 Å². The van der Waals surface area contributed by atoms with Crippen LogP contribution in [0.15, 0.2) is 12.2 Å². The Bertz CT molecular complexity index is 43.3. The summed E-state index contributed by atoms with van der Waals surface area (Å²) in [5.41, 5.74) is 0. The summed E-state index contributed by atoms with van der Waals surface area (Å²) >= 11 is 0.316. The van der Waals surface area contributed by atoms with Gasteiger partial charge >= 0.3 is 20.4 Å². The van der Waals surface area contributed by atoms with Crippen molar-refractivity contribution in [1.29, 1.82) is 0 Å². The predicted octanol–water partition coefficient (Wildman–Crippen LogP) is 2.15. The summed E-state index contributed by atoms with van der Waals surface area (Å²) in [5.74, 6) is 0. The molecule has 0 fully saturated rings. The molecule has 0 aromatic carbocycles. The number of allylic oxidation sites excluding steroid dienone is 2. The Kier molecular flexibility index (Phi) is 15.2. The summed E-state index contributed by atoms with van der Waals surface area (Å²) in [5, 5.41) is 2.32. The molecule has 0 unspecified atom stereocenters. The average Bonchev–Trinajstić information content (AvgIpc) is 1.61. The topological polar surface area (TPSA) is 0 Å². The lowest BCUT2D eigenvalue weighted by Gasteiger charge is -1.72. The Labute approximate surface area is 61.5 Å². The lowest BCUT2D eigenvalue weighted by molar-refractivity contribution is 1.60. The van der Waals surface area contributed by atoms with Crippen molar-refractivity contribution in [3.05, 3.63) is 12.2 Å². The molecule has 40 valence electrons. The SMILES string of the molecule is CC=C[CH2][Mg][CH3].Cl. The Morgan fingerprint density at radius 3 is 2.29 bits per heavy atom. The Balaban J connectivity index is 0. The van der Waals surface area contributed by atoms with Gasteiger partial charge in [0.2, 0.25) is 0 Å². The van der Waals surface area contributed by atoms with E-state index in [0.717, 1.165) is 0 Å². The third-order valence-corrected chi connectivity index (χ3v) is 1.60. The number of hydrogen-bond donors (Lipinski definition) is 0. The summed E-state index contributed by atoms with van der Waals surface area (Å²) in [6, 6.07) is 0. The second-order valence-corrected chi connectivity index (χ2v) is 2.94. The van der Waals surface area contributed by atoms with Gasteiger partial charge < -0.3 is 0 Å². The maximum absolute atomic E-state index is 2.32. The largest absolute Gasteiger partial charge is 0.365 e. The Hall–Kier alpha value is 0.796. The Morgan fingerprint density at radius 1 is 1.57 bits per heavy atom. The van der Waals surface area contributed by atoms with Gasteiger partial charge in [-0.3, -0.25) is 0 Å².